The smallest absolute Gasteiger partial charge is 0.411 e. The minimum absolute atomic E-state index is 0.132. The molecular weight excluding hydrogens is 590 g/mol. The van der Waals surface area contributed by atoms with Gasteiger partial charge in [-0.2, -0.15) is 26.3 Å². The van der Waals surface area contributed by atoms with E-state index >= 15 is 26.3 Å². The summed E-state index contributed by atoms with van der Waals surface area (Å²) in [5, 5.41) is 0. The lowest BCUT2D eigenvalue weighted by atomic mass is 9.71. The third-order valence-electron chi connectivity index (χ3n) is 7.59. The second kappa shape index (κ2) is 12.9. The van der Waals surface area contributed by atoms with Crippen molar-refractivity contribution in [3.63, 3.8) is 0 Å². The fourth-order valence-electron chi connectivity index (χ4n) is 5.64. The summed E-state index contributed by atoms with van der Waals surface area (Å²) in [6.45, 7) is 9.41. The van der Waals surface area contributed by atoms with Gasteiger partial charge in [-0.1, -0.05) is 85.0 Å². The summed E-state index contributed by atoms with van der Waals surface area (Å²) in [7, 11) is 0. The van der Waals surface area contributed by atoms with Crippen LogP contribution in [-0.4, -0.2) is 12.4 Å². The summed E-state index contributed by atoms with van der Waals surface area (Å²) in [5.74, 6) is 1.21. The molecular formula is C37H34F6O2. The molecule has 0 fully saturated rings. The van der Waals surface area contributed by atoms with Crippen LogP contribution in [0.25, 0.3) is 12.2 Å². The lowest BCUT2D eigenvalue weighted by Gasteiger charge is -2.39. The molecule has 8 heteroatoms. The maximum atomic E-state index is 15.1. The highest BCUT2D eigenvalue weighted by Gasteiger charge is 2.72. The van der Waals surface area contributed by atoms with Gasteiger partial charge in [-0.05, 0) is 87.1 Å². The van der Waals surface area contributed by atoms with Gasteiger partial charge in [0.1, 0.15) is 23.0 Å². The molecule has 0 bridgehead atoms. The molecule has 2 nitrogen and oxygen atoms in total. The molecule has 0 aliphatic carbocycles. The van der Waals surface area contributed by atoms with E-state index in [1.807, 2.05) is 13.8 Å². The van der Waals surface area contributed by atoms with E-state index in [9.17, 15) is 0 Å². The van der Waals surface area contributed by atoms with E-state index in [1.54, 1.807) is 72.8 Å². The molecule has 0 radical (unpaired) electrons. The zero-order chi connectivity index (χ0) is 33.2. The van der Waals surface area contributed by atoms with Gasteiger partial charge < -0.3 is 9.47 Å². The highest BCUT2D eigenvalue weighted by Crippen LogP contribution is 2.57. The Labute approximate surface area is 259 Å². The fourth-order valence-corrected chi connectivity index (χ4v) is 5.64. The number of alkyl halides is 6. The van der Waals surface area contributed by atoms with E-state index in [2.05, 4.69) is 0 Å². The Morgan fingerprint density at radius 1 is 0.511 bits per heavy atom. The summed E-state index contributed by atoms with van der Waals surface area (Å²) in [4.78, 5) is 0. The van der Waals surface area contributed by atoms with Gasteiger partial charge in [0.2, 0.25) is 5.41 Å². The zero-order valence-corrected chi connectivity index (χ0v) is 25.8. The van der Waals surface area contributed by atoms with Gasteiger partial charge >= 0.3 is 12.4 Å². The summed E-state index contributed by atoms with van der Waals surface area (Å²) >= 11 is 0. The van der Waals surface area contributed by atoms with Gasteiger partial charge in [0.25, 0.3) is 0 Å². The van der Waals surface area contributed by atoms with Crippen molar-refractivity contribution >= 4 is 12.2 Å². The van der Waals surface area contributed by atoms with E-state index in [0.29, 0.717) is 22.6 Å². The molecule has 0 saturated heterocycles. The molecule has 0 amide bonds. The zero-order valence-electron chi connectivity index (χ0n) is 25.8. The second-order valence-corrected chi connectivity index (χ2v) is 10.9. The van der Waals surface area contributed by atoms with Crippen molar-refractivity contribution in [2.45, 2.75) is 59.3 Å². The van der Waals surface area contributed by atoms with Crippen LogP contribution in [0, 0.1) is 27.7 Å². The molecule has 4 aromatic rings. The first-order chi connectivity index (χ1) is 21.1. The van der Waals surface area contributed by atoms with Crippen LogP contribution in [0.3, 0.4) is 0 Å². The van der Waals surface area contributed by atoms with E-state index in [-0.39, 0.29) is 33.8 Å². The Bertz CT molecular complexity index is 1570. The summed E-state index contributed by atoms with van der Waals surface area (Å²) in [6, 6.07) is 17.7. The summed E-state index contributed by atoms with van der Waals surface area (Å²) in [5.41, 5.74) is -4.27. The van der Waals surface area contributed by atoms with Crippen molar-refractivity contribution in [2.24, 2.45) is 0 Å². The van der Waals surface area contributed by atoms with Gasteiger partial charge in [-0.3, -0.25) is 0 Å². The fraction of sp³-hybridized carbons (Fsp3) is 0.243. The Balaban J connectivity index is 1.91. The van der Waals surface area contributed by atoms with E-state index in [0.717, 1.165) is 24.3 Å². The molecule has 0 aliphatic rings. The Hall–Kier alpha value is -4.46. The average molecular weight is 625 g/mol. The highest BCUT2D eigenvalue weighted by molar-refractivity contribution is 5.61. The number of aryl methyl sites for hydroxylation is 4. The summed E-state index contributed by atoms with van der Waals surface area (Å²) < 4.78 is 103. The van der Waals surface area contributed by atoms with Crippen molar-refractivity contribution < 1.29 is 35.8 Å². The molecule has 0 N–H and O–H groups in total. The maximum Gasteiger partial charge on any atom is 0.411 e. The van der Waals surface area contributed by atoms with Crippen LogP contribution < -0.4 is 9.47 Å². The van der Waals surface area contributed by atoms with Crippen molar-refractivity contribution in [3.05, 3.63) is 129 Å². The molecule has 45 heavy (non-hydrogen) atoms. The highest BCUT2D eigenvalue weighted by atomic mass is 19.4. The van der Waals surface area contributed by atoms with Crippen molar-refractivity contribution in [3.8, 4) is 23.0 Å². The quantitative estimate of drug-likeness (QED) is 0.182. The van der Waals surface area contributed by atoms with Gasteiger partial charge in [-0.25, -0.2) is 0 Å². The number of hydrogen-bond acceptors (Lipinski definition) is 2. The van der Waals surface area contributed by atoms with E-state index in [1.165, 1.54) is 27.7 Å². The van der Waals surface area contributed by atoms with Crippen LogP contribution in [0.5, 0.6) is 23.0 Å². The third-order valence-corrected chi connectivity index (χ3v) is 7.59. The average Bonchev–Trinajstić information content (AvgIpc) is 2.93. The number of para-hydroxylation sites is 2. The standard InChI is InChI=1S/C37H34F6O2/c1-7-13-27-15-9-11-17-31(27)44-33-23(3)19-29(20-24(33)4)35(36(38,39)40,37(41,42)43)30-21-25(5)34(26(6)22-30)45-32-18-12-10-16-28(32)14-8-2/h7-22H,1-6H3/b13-7-,14-8-. The van der Waals surface area contributed by atoms with Crippen LogP contribution in [-0.2, 0) is 5.41 Å². The molecule has 236 valence electrons. The predicted molar refractivity (Wildman–Crippen MR) is 167 cm³/mol. The SMILES string of the molecule is C/C=C\c1ccccc1Oc1c(C)cc(C(c2cc(C)c(Oc3ccccc3/C=C\C)c(C)c2)(C(F)(F)F)C(F)(F)F)cc1C. The molecule has 0 aliphatic heterocycles. The number of hydrogen-bond donors (Lipinski definition) is 0. The second-order valence-electron chi connectivity index (χ2n) is 10.9. The minimum atomic E-state index is -5.75. The molecule has 0 heterocycles. The lowest BCUT2D eigenvalue weighted by Crippen LogP contribution is -2.55. The first-order valence-corrected chi connectivity index (χ1v) is 14.3. The van der Waals surface area contributed by atoms with Crippen LogP contribution >= 0.6 is 0 Å². The number of ether oxygens (including phenoxy) is 2. The van der Waals surface area contributed by atoms with Crippen molar-refractivity contribution in [2.75, 3.05) is 0 Å². The Morgan fingerprint density at radius 2 is 0.822 bits per heavy atom. The van der Waals surface area contributed by atoms with Crippen molar-refractivity contribution in [1.82, 2.24) is 0 Å². The largest absolute Gasteiger partial charge is 0.456 e. The van der Waals surface area contributed by atoms with Gasteiger partial charge in [0.15, 0.2) is 0 Å². The maximum absolute atomic E-state index is 15.1. The topological polar surface area (TPSA) is 18.5 Å². The Morgan fingerprint density at radius 3 is 1.11 bits per heavy atom. The first kappa shape index (κ1) is 33.4. The van der Waals surface area contributed by atoms with Crippen LogP contribution in [0.1, 0.15) is 58.4 Å². The monoisotopic (exact) mass is 624 g/mol. The van der Waals surface area contributed by atoms with Gasteiger partial charge in [-0.15, -0.1) is 0 Å². The minimum Gasteiger partial charge on any atom is -0.456 e. The predicted octanol–water partition coefficient (Wildman–Crippen LogP) is 12.0. The lowest BCUT2D eigenvalue weighted by molar-refractivity contribution is -0.288. The van der Waals surface area contributed by atoms with Crippen LogP contribution in [0.2, 0.25) is 0 Å². The normalized spacial score (nSPS) is 12.7. The van der Waals surface area contributed by atoms with E-state index < -0.39 is 28.9 Å². The number of halogens is 6. The number of benzene rings is 4. The molecule has 0 atom stereocenters. The van der Waals surface area contributed by atoms with Crippen molar-refractivity contribution in [1.29, 1.82) is 0 Å². The molecule has 0 unspecified atom stereocenters. The molecule has 4 aromatic carbocycles. The molecule has 0 saturated carbocycles. The third kappa shape index (κ3) is 6.37. The van der Waals surface area contributed by atoms with Gasteiger partial charge in [0.05, 0.1) is 0 Å². The molecule has 0 spiro atoms. The van der Waals surface area contributed by atoms with E-state index in [4.69, 9.17) is 9.47 Å². The first-order valence-electron chi connectivity index (χ1n) is 14.3. The van der Waals surface area contributed by atoms with Crippen LogP contribution in [0.15, 0.2) is 84.9 Å². The number of allylic oxidation sites excluding steroid dienone is 2. The molecule has 0 aromatic heterocycles. The molecule has 4 rings (SSSR count). The van der Waals surface area contributed by atoms with Gasteiger partial charge in [0, 0.05) is 11.1 Å². The summed E-state index contributed by atoms with van der Waals surface area (Å²) in [6.07, 6.45) is -4.30. The Kier molecular flexibility index (Phi) is 9.57. The number of rotatable bonds is 8. The van der Waals surface area contributed by atoms with Crippen LogP contribution in [0.4, 0.5) is 26.3 Å².